The lowest BCUT2D eigenvalue weighted by molar-refractivity contribution is -0.139. The molecule has 0 radical (unpaired) electrons. The monoisotopic (exact) mass is 291 g/mol. The standard InChI is InChI=1S/C16H18FNO3/c1-10-8-11(17)2-3-12(10)14(19)18-6-4-16(5-7-18)9-13(16)15(20)21/h2-3,8,13H,4-7,9H2,1H3,(H,20,21)/t13-/m1/s1. The van der Waals surface area contributed by atoms with Crippen molar-refractivity contribution in [3.05, 3.63) is 35.1 Å². The predicted molar refractivity (Wildman–Crippen MR) is 74.5 cm³/mol. The Hall–Kier alpha value is -1.91. The average Bonchev–Trinajstić information content (AvgIpc) is 3.13. The fourth-order valence-corrected chi connectivity index (χ4v) is 3.44. The van der Waals surface area contributed by atoms with Gasteiger partial charge in [-0.05, 0) is 55.4 Å². The van der Waals surface area contributed by atoms with E-state index in [4.69, 9.17) is 5.11 Å². The van der Waals surface area contributed by atoms with Crippen LogP contribution in [0.4, 0.5) is 4.39 Å². The van der Waals surface area contributed by atoms with E-state index in [1.165, 1.54) is 18.2 Å². The molecule has 1 N–H and O–H groups in total. The number of nitrogens with zero attached hydrogens (tertiary/aromatic N) is 1. The van der Waals surface area contributed by atoms with Crippen molar-refractivity contribution in [1.29, 1.82) is 0 Å². The first kappa shape index (κ1) is 14.0. The number of aliphatic carboxylic acids is 1. The Morgan fingerprint density at radius 3 is 2.52 bits per heavy atom. The summed E-state index contributed by atoms with van der Waals surface area (Å²) in [7, 11) is 0. The Balaban J connectivity index is 1.67. The average molecular weight is 291 g/mol. The van der Waals surface area contributed by atoms with Gasteiger partial charge >= 0.3 is 5.97 Å². The van der Waals surface area contributed by atoms with Crippen LogP contribution in [0.25, 0.3) is 0 Å². The van der Waals surface area contributed by atoms with E-state index in [1.54, 1.807) is 11.8 Å². The van der Waals surface area contributed by atoms with Crippen molar-refractivity contribution >= 4 is 11.9 Å². The van der Waals surface area contributed by atoms with Gasteiger partial charge in [-0.3, -0.25) is 9.59 Å². The third-order valence-electron chi connectivity index (χ3n) is 4.95. The van der Waals surface area contributed by atoms with E-state index in [-0.39, 0.29) is 23.1 Å². The molecule has 1 amide bonds. The van der Waals surface area contributed by atoms with Gasteiger partial charge in [-0.15, -0.1) is 0 Å². The molecule has 1 saturated heterocycles. The second-order valence-electron chi connectivity index (χ2n) is 6.21. The zero-order valence-electron chi connectivity index (χ0n) is 11.9. The van der Waals surface area contributed by atoms with Gasteiger partial charge in [-0.2, -0.15) is 0 Å². The zero-order chi connectivity index (χ0) is 15.2. The SMILES string of the molecule is Cc1cc(F)ccc1C(=O)N1CCC2(CC1)C[C@@H]2C(=O)O. The highest BCUT2D eigenvalue weighted by atomic mass is 19.1. The maximum atomic E-state index is 13.1. The van der Waals surface area contributed by atoms with E-state index >= 15 is 0 Å². The van der Waals surface area contributed by atoms with E-state index < -0.39 is 5.97 Å². The third kappa shape index (κ3) is 2.41. The van der Waals surface area contributed by atoms with Gasteiger partial charge < -0.3 is 10.0 Å². The first-order valence-corrected chi connectivity index (χ1v) is 7.21. The fraction of sp³-hybridized carbons (Fsp3) is 0.500. The minimum atomic E-state index is -0.718. The number of hydrogen-bond acceptors (Lipinski definition) is 2. The van der Waals surface area contributed by atoms with Gasteiger partial charge in [0.25, 0.3) is 5.91 Å². The lowest BCUT2D eigenvalue weighted by atomic mass is 9.90. The lowest BCUT2D eigenvalue weighted by Crippen LogP contribution is -2.40. The number of carbonyl (C=O) groups is 2. The molecule has 21 heavy (non-hydrogen) atoms. The van der Waals surface area contributed by atoms with E-state index in [1.807, 2.05) is 0 Å². The normalized spacial score (nSPS) is 23.1. The molecule has 2 fully saturated rings. The number of piperidine rings is 1. The predicted octanol–water partition coefficient (Wildman–Crippen LogP) is 2.46. The Labute approximate surface area is 122 Å². The van der Waals surface area contributed by atoms with Crippen molar-refractivity contribution in [2.45, 2.75) is 26.2 Å². The van der Waals surface area contributed by atoms with E-state index in [0.717, 1.165) is 19.3 Å². The minimum Gasteiger partial charge on any atom is -0.481 e. The van der Waals surface area contributed by atoms with Crippen LogP contribution in [0.3, 0.4) is 0 Å². The van der Waals surface area contributed by atoms with Crippen LogP contribution in [0.2, 0.25) is 0 Å². The van der Waals surface area contributed by atoms with Crippen LogP contribution in [0, 0.1) is 24.1 Å². The molecule has 1 saturated carbocycles. The van der Waals surface area contributed by atoms with E-state index in [9.17, 15) is 14.0 Å². The molecule has 5 heteroatoms. The molecule has 1 aliphatic heterocycles. The molecule has 0 unspecified atom stereocenters. The summed E-state index contributed by atoms with van der Waals surface area (Å²) in [6.45, 7) is 2.89. The summed E-state index contributed by atoms with van der Waals surface area (Å²) in [5.41, 5.74) is 1.08. The Kier molecular flexibility index (Phi) is 3.23. The number of carboxylic acids is 1. The molecule has 0 bridgehead atoms. The fourth-order valence-electron chi connectivity index (χ4n) is 3.44. The number of amides is 1. The van der Waals surface area contributed by atoms with Gasteiger partial charge in [-0.1, -0.05) is 0 Å². The van der Waals surface area contributed by atoms with E-state index in [2.05, 4.69) is 0 Å². The Morgan fingerprint density at radius 2 is 2.00 bits per heavy atom. The molecule has 112 valence electrons. The molecule has 1 spiro atoms. The van der Waals surface area contributed by atoms with Crippen LogP contribution in [-0.2, 0) is 4.79 Å². The first-order valence-electron chi connectivity index (χ1n) is 7.21. The molecule has 4 nitrogen and oxygen atoms in total. The van der Waals surface area contributed by atoms with Gasteiger partial charge in [0.1, 0.15) is 5.82 Å². The summed E-state index contributed by atoms with van der Waals surface area (Å²) in [5.74, 6) is -1.38. The Bertz CT molecular complexity index is 606. The number of carboxylic acid groups (broad SMARTS) is 1. The summed E-state index contributed by atoms with van der Waals surface area (Å²) in [5, 5.41) is 9.07. The topological polar surface area (TPSA) is 57.6 Å². The molecule has 2 aliphatic rings. The minimum absolute atomic E-state index is 0.0829. The van der Waals surface area contributed by atoms with Gasteiger partial charge in [0.15, 0.2) is 0 Å². The highest BCUT2D eigenvalue weighted by molar-refractivity contribution is 5.95. The molecule has 1 heterocycles. The number of carbonyl (C=O) groups excluding carboxylic acids is 1. The highest BCUT2D eigenvalue weighted by Crippen LogP contribution is 2.59. The van der Waals surface area contributed by atoms with Crippen LogP contribution in [0.5, 0.6) is 0 Å². The Morgan fingerprint density at radius 1 is 1.33 bits per heavy atom. The molecule has 1 atom stereocenters. The smallest absolute Gasteiger partial charge is 0.307 e. The van der Waals surface area contributed by atoms with Crippen molar-refractivity contribution in [3.63, 3.8) is 0 Å². The molecule has 0 aromatic heterocycles. The zero-order valence-corrected chi connectivity index (χ0v) is 11.9. The molecule has 1 aromatic rings. The van der Waals surface area contributed by atoms with Crippen molar-refractivity contribution in [3.8, 4) is 0 Å². The molecule has 3 rings (SSSR count). The second kappa shape index (κ2) is 4.83. The van der Waals surface area contributed by atoms with Crippen LogP contribution < -0.4 is 0 Å². The number of benzene rings is 1. The number of aryl methyl sites for hydroxylation is 1. The second-order valence-corrected chi connectivity index (χ2v) is 6.21. The number of rotatable bonds is 2. The summed E-state index contributed by atoms with van der Waals surface area (Å²) in [4.78, 5) is 25.3. The molecular formula is C16H18FNO3. The van der Waals surface area contributed by atoms with Crippen LogP contribution >= 0.6 is 0 Å². The number of likely N-dealkylation sites (tertiary alicyclic amines) is 1. The van der Waals surface area contributed by atoms with Crippen LogP contribution in [0.1, 0.15) is 35.2 Å². The van der Waals surface area contributed by atoms with Crippen molar-refractivity contribution in [2.24, 2.45) is 11.3 Å². The molecular weight excluding hydrogens is 273 g/mol. The largest absolute Gasteiger partial charge is 0.481 e. The summed E-state index contributed by atoms with van der Waals surface area (Å²) >= 11 is 0. The van der Waals surface area contributed by atoms with E-state index in [0.29, 0.717) is 24.2 Å². The van der Waals surface area contributed by atoms with Gasteiger partial charge in [-0.25, -0.2) is 4.39 Å². The maximum Gasteiger partial charge on any atom is 0.307 e. The van der Waals surface area contributed by atoms with Crippen molar-refractivity contribution in [1.82, 2.24) is 4.90 Å². The van der Waals surface area contributed by atoms with Crippen molar-refractivity contribution < 1.29 is 19.1 Å². The summed E-state index contributed by atoms with van der Waals surface area (Å²) in [6, 6.07) is 4.18. The first-order chi connectivity index (χ1) is 9.93. The van der Waals surface area contributed by atoms with Crippen LogP contribution in [-0.4, -0.2) is 35.0 Å². The van der Waals surface area contributed by atoms with Gasteiger partial charge in [0.2, 0.25) is 0 Å². The lowest BCUT2D eigenvalue weighted by Gasteiger charge is -2.33. The molecule has 1 aliphatic carbocycles. The van der Waals surface area contributed by atoms with Crippen LogP contribution in [0.15, 0.2) is 18.2 Å². The molecule has 1 aromatic carbocycles. The summed E-state index contributed by atoms with van der Waals surface area (Å²) in [6.07, 6.45) is 2.23. The highest BCUT2D eigenvalue weighted by Gasteiger charge is 2.59. The number of hydrogen-bond donors (Lipinski definition) is 1. The van der Waals surface area contributed by atoms with Gasteiger partial charge in [0, 0.05) is 18.7 Å². The quantitative estimate of drug-likeness (QED) is 0.910. The van der Waals surface area contributed by atoms with Gasteiger partial charge in [0.05, 0.1) is 5.92 Å². The maximum absolute atomic E-state index is 13.1. The van der Waals surface area contributed by atoms with Crippen molar-refractivity contribution in [2.75, 3.05) is 13.1 Å². The summed E-state index contributed by atoms with van der Waals surface area (Å²) < 4.78 is 13.1. The third-order valence-corrected chi connectivity index (χ3v) is 4.95. The number of halogens is 1.